The molecule has 4 amide bonds. The van der Waals surface area contributed by atoms with E-state index in [0.29, 0.717) is 31.4 Å². The lowest BCUT2D eigenvalue weighted by Crippen LogP contribution is -2.51. The minimum atomic E-state index is -0.627. The zero-order chi connectivity index (χ0) is 28.6. The largest absolute Gasteiger partial charge is 0.491 e. The number of primary amides is 2. The molecule has 9 nitrogen and oxygen atoms in total. The Morgan fingerprint density at radius 2 is 1.80 bits per heavy atom. The first-order valence-electron chi connectivity index (χ1n) is 14.2. The van der Waals surface area contributed by atoms with Crippen molar-refractivity contribution in [2.24, 2.45) is 11.5 Å². The monoisotopic (exact) mass is 548 g/mol. The van der Waals surface area contributed by atoms with Crippen LogP contribution in [0.4, 0.5) is 5.69 Å². The van der Waals surface area contributed by atoms with Crippen LogP contribution in [0.5, 0.6) is 5.75 Å². The Balaban J connectivity index is 1.41. The van der Waals surface area contributed by atoms with Crippen LogP contribution in [-0.2, 0) is 38.4 Å². The molecular formula is C31H40N4O5. The van der Waals surface area contributed by atoms with Crippen LogP contribution in [0, 0.1) is 6.92 Å². The fourth-order valence-corrected chi connectivity index (χ4v) is 5.60. The number of rotatable bonds is 14. The van der Waals surface area contributed by atoms with Crippen molar-refractivity contribution >= 4 is 29.3 Å². The van der Waals surface area contributed by atoms with E-state index in [1.165, 1.54) is 0 Å². The third kappa shape index (κ3) is 7.40. The quantitative estimate of drug-likeness (QED) is 0.311. The van der Waals surface area contributed by atoms with E-state index in [1.807, 2.05) is 37.3 Å². The van der Waals surface area contributed by atoms with E-state index in [0.717, 1.165) is 66.5 Å². The van der Waals surface area contributed by atoms with Crippen LogP contribution >= 0.6 is 0 Å². The van der Waals surface area contributed by atoms with Crippen LogP contribution in [0.1, 0.15) is 73.6 Å². The molecule has 40 heavy (non-hydrogen) atoms. The minimum Gasteiger partial charge on any atom is -0.491 e. The summed E-state index contributed by atoms with van der Waals surface area (Å²) in [5, 5.41) is 3.06. The third-order valence-corrected chi connectivity index (χ3v) is 7.74. The van der Waals surface area contributed by atoms with Crippen LogP contribution in [0.15, 0.2) is 36.4 Å². The maximum atomic E-state index is 13.6. The van der Waals surface area contributed by atoms with Crippen molar-refractivity contribution in [3.8, 4) is 5.75 Å². The van der Waals surface area contributed by atoms with Crippen molar-refractivity contribution in [3.05, 3.63) is 58.7 Å². The fraction of sp³-hybridized carbons (Fsp3) is 0.484. The number of nitrogens with zero attached hydrogens (tertiary/aromatic N) is 1. The second kappa shape index (κ2) is 13.5. The SMILES string of the molecule is Cc1ccc(CCCCCC(N)=O)cc1OC[C@H](CCC(N)=O)NC(=O)[C@@H]1Cc2cccc3c2N1C(=O)CCC3. The van der Waals surface area contributed by atoms with Crippen LogP contribution in [0.25, 0.3) is 0 Å². The molecule has 2 aromatic carbocycles. The van der Waals surface area contributed by atoms with Gasteiger partial charge >= 0.3 is 0 Å². The highest BCUT2D eigenvalue weighted by Crippen LogP contribution is 2.39. The first kappa shape index (κ1) is 29.1. The molecule has 9 heteroatoms. The van der Waals surface area contributed by atoms with Crippen LogP contribution in [-0.4, -0.2) is 42.3 Å². The molecule has 2 aromatic rings. The number of nitrogens with two attached hydrogens (primary N) is 2. The highest BCUT2D eigenvalue weighted by atomic mass is 16.5. The molecule has 0 fully saturated rings. The summed E-state index contributed by atoms with van der Waals surface area (Å²) in [6.45, 7) is 2.13. The summed E-state index contributed by atoms with van der Waals surface area (Å²) in [5.74, 6) is -0.292. The molecule has 0 unspecified atom stereocenters. The molecule has 214 valence electrons. The average Bonchev–Trinajstić information content (AvgIpc) is 3.23. The Labute approximate surface area is 235 Å². The number of benzene rings is 2. The van der Waals surface area contributed by atoms with Crippen molar-refractivity contribution in [3.63, 3.8) is 0 Å². The highest BCUT2D eigenvalue weighted by molar-refractivity contribution is 6.04. The first-order chi connectivity index (χ1) is 19.2. The van der Waals surface area contributed by atoms with E-state index in [2.05, 4.69) is 11.4 Å². The Kier molecular flexibility index (Phi) is 9.79. The van der Waals surface area contributed by atoms with Crippen LogP contribution in [0.2, 0.25) is 0 Å². The molecular weight excluding hydrogens is 508 g/mol. The second-order valence-corrected chi connectivity index (χ2v) is 10.9. The van der Waals surface area contributed by atoms with Crippen LogP contribution < -0.4 is 26.4 Å². The number of para-hydroxylation sites is 1. The molecule has 5 N–H and O–H groups in total. The van der Waals surface area contributed by atoms with Crippen molar-refractivity contribution in [2.75, 3.05) is 11.5 Å². The number of hydrogen-bond donors (Lipinski definition) is 3. The summed E-state index contributed by atoms with van der Waals surface area (Å²) in [4.78, 5) is 50.8. The number of carbonyl (C=O) groups is 4. The molecule has 0 radical (unpaired) electrons. The van der Waals surface area contributed by atoms with Crippen molar-refractivity contribution in [1.29, 1.82) is 0 Å². The second-order valence-electron chi connectivity index (χ2n) is 10.9. The van der Waals surface area contributed by atoms with Gasteiger partial charge in [-0.2, -0.15) is 0 Å². The van der Waals surface area contributed by atoms with E-state index in [-0.39, 0.29) is 30.7 Å². The van der Waals surface area contributed by atoms with Gasteiger partial charge in [-0.1, -0.05) is 36.8 Å². The summed E-state index contributed by atoms with van der Waals surface area (Å²) in [5.41, 5.74) is 15.7. The van der Waals surface area contributed by atoms with Crippen molar-refractivity contribution in [1.82, 2.24) is 5.32 Å². The molecule has 0 saturated heterocycles. The molecule has 0 aliphatic carbocycles. The molecule has 2 atom stereocenters. The highest BCUT2D eigenvalue weighted by Gasteiger charge is 2.41. The van der Waals surface area contributed by atoms with Gasteiger partial charge in [0.2, 0.25) is 23.6 Å². The Morgan fingerprint density at radius 1 is 1.02 bits per heavy atom. The predicted octanol–water partition coefficient (Wildman–Crippen LogP) is 3.01. The topological polar surface area (TPSA) is 145 Å². The summed E-state index contributed by atoms with van der Waals surface area (Å²) in [7, 11) is 0. The van der Waals surface area contributed by atoms with Gasteiger partial charge in [-0.25, -0.2) is 0 Å². The third-order valence-electron chi connectivity index (χ3n) is 7.74. The number of ether oxygens (including phenoxy) is 1. The smallest absolute Gasteiger partial charge is 0.243 e. The zero-order valence-electron chi connectivity index (χ0n) is 23.2. The molecule has 0 bridgehead atoms. The van der Waals surface area contributed by atoms with Crippen LogP contribution in [0.3, 0.4) is 0 Å². The number of carbonyl (C=O) groups excluding carboxylic acids is 4. The zero-order valence-corrected chi connectivity index (χ0v) is 23.2. The number of unbranched alkanes of at least 4 members (excludes halogenated alkanes) is 2. The first-order valence-corrected chi connectivity index (χ1v) is 14.2. The van der Waals surface area contributed by atoms with E-state index < -0.39 is 18.0 Å². The van der Waals surface area contributed by atoms with E-state index in [1.54, 1.807) is 4.90 Å². The van der Waals surface area contributed by atoms with Gasteiger partial charge in [0.25, 0.3) is 0 Å². The molecule has 2 aliphatic rings. The molecule has 0 aromatic heterocycles. The molecule has 2 heterocycles. The van der Waals surface area contributed by atoms with Gasteiger partial charge in [-0.05, 0) is 73.8 Å². The lowest BCUT2D eigenvalue weighted by atomic mass is 10.0. The minimum absolute atomic E-state index is 0.0316. The summed E-state index contributed by atoms with van der Waals surface area (Å²) in [6.07, 6.45) is 6.79. The molecule has 2 aliphatic heterocycles. The standard InChI is InChI=1S/C31H40N4O5/c1-20-13-14-21(7-3-2-4-11-27(32)36)17-26(20)40-19-24(15-16-28(33)37)34-31(39)25-18-23-10-5-8-22-9-6-12-29(38)35(25)30(22)23/h5,8,10,13-14,17,24-25H,2-4,6-7,9,11-12,15-16,18-19H2,1H3,(H2,32,36)(H2,33,37)(H,34,39)/t24-,25-/m0/s1. The predicted molar refractivity (Wildman–Crippen MR) is 153 cm³/mol. The van der Waals surface area contributed by atoms with Gasteiger partial charge in [-0.15, -0.1) is 0 Å². The van der Waals surface area contributed by atoms with Crippen molar-refractivity contribution < 1.29 is 23.9 Å². The number of amides is 4. The number of hydrogen-bond acceptors (Lipinski definition) is 5. The van der Waals surface area contributed by atoms with E-state index in [9.17, 15) is 19.2 Å². The van der Waals surface area contributed by atoms with Gasteiger partial charge in [0.1, 0.15) is 18.4 Å². The van der Waals surface area contributed by atoms with E-state index in [4.69, 9.17) is 16.2 Å². The maximum Gasteiger partial charge on any atom is 0.243 e. The lowest BCUT2D eigenvalue weighted by molar-refractivity contribution is -0.127. The number of nitrogens with one attached hydrogen (secondary N) is 1. The average molecular weight is 549 g/mol. The Hall–Kier alpha value is -3.88. The van der Waals surface area contributed by atoms with Crippen molar-refractivity contribution in [2.45, 2.75) is 89.6 Å². The molecule has 0 spiro atoms. The van der Waals surface area contributed by atoms with Gasteiger partial charge < -0.3 is 21.5 Å². The summed E-state index contributed by atoms with van der Waals surface area (Å²) >= 11 is 0. The number of aryl methyl sites for hydroxylation is 3. The summed E-state index contributed by atoms with van der Waals surface area (Å²) < 4.78 is 6.17. The number of anilines is 1. The van der Waals surface area contributed by atoms with Gasteiger partial charge in [0, 0.05) is 25.7 Å². The Morgan fingerprint density at radius 3 is 2.58 bits per heavy atom. The molecule has 4 rings (SSSR count). The van der Waals surface area contributed by atoms with Gasteiger partial charge in [0.05, 0.1) is 11.7 Å². The normalized spacial score (nSPS) is 16.7. The fourth-order valence-electron chi connectivity index (χ4n) is 5.60. The molecule has 0 saturated carbocycles. The lowest BCUT2D eigenvalue weighted by Gasteiger charge is -2.27. The van der Waals surface area contributed by atoms with E-state index >= 15 is 0 Å². The Bertz CT molecular complexity index is 1260. The van der Waals surface area contributed by atoms with Gasteiger partial charge in [0.15, 0.2) is 0 Å². The maximum absolute atomic E-state index is 13.6. The van der Waals surface area contributed by atoms with Gasteiger partial charge in [-0.3, -0.25) is 24.1 Å². The summed E-state index contributed by atoms with van der Waals surface area (Å²) in [6, 6.07) is 11.0.